The molecule has 0 radical (unpaired) electrons. The van der Waals surface area contributed by atoms with Gasteiger partial charge < -0.3 is 24.9 Å². The number of thioether (sulfide) groups is 1. The molecule has 14 heteroatoms. The highest BCUT2D eigenvalue weighted by atomic mass is 32.2. The van der Waals surface area contributed by atoms with Gasteiger partial charge in [0.1, 0.15) is 6.61 Å². The summed E-state index contributed by atoms with van der Waals surface area (Å²) in [4.78, 5) is 51.0. The van der Waals surface area contributed by atoms with Gasteiger partial charge >= 0.3 is 5.30 Å². The van der Waals surface area contributed by atoms with Crippen molar-refractivity contribution < 1.29 is 38.9 Å². The average molecular weight is 399 g/mol. The zero-order chi connectivity index (χ0) is 19.8. The molecule has 2 N–H and O–H groups in total. The third-order valence-electron chi connectivity index (χ3n) is 2.67. The number of rotatable bonds is 16. The number of Topliss-reactive ketones (excluding diaryl/α,β-unsaturated/α-hetero) is 1. The van der Waals surface area contributed by atoms with E-state index in [0.717, 1.165) is 11.8 Å². The van der Waals surface area contributed by atoms with Gasteiger partial charge in [-0.1, -0.05) is 0 Å². The molecule has 150 valence electrons. The van der Waals surface area contributed by atoms with Crippen molar-refractivity contribution in [1.82, 2.24) is 0 Å². The lowest BCUT2D eigenvalue weighted by atomic mass is 10.2. The Balaban J connectivity index is 3.61. The summed E-state index contributed by atoms with van der Waals surface area (Å²) in [5.74, 6) is -0.288. The normalized spacial score (nSPS) is 11.4. The summed E-state index contributed by atoms with van der Waals surface area (Å²) in [7, 11) is 0. The van der Waals surface area contributed by atoms with Crippen LogP contribution >= 0.6 is 11.8 Å². The molecule has 0 aliphatic rings. The predicted molar refractivity (Wildman–Crippen MR) is 87.4 cm³/mol. The molecule has 0 aromatic rings. The number of unbranched alkanes of at least 4 members (excludes halogenated alkanes) is 1. The van der Waals surface area contributed by atoms with Crippen LogP contribution in [-0.4, -0.2) is 66.1 Å². The Labute approximate surface area is 152 Å². The van der Waals surface area contributed by atoms with Gasteiger partial charge in [-0.25, -0.2) is 4.79 Å². The minimum absolute atomic E-state index is 0.00564. The summed E-state index contributed by atoms with van der Waals surface area (Å²) in [5.41, 5.74) is 5.64. The Kier molecular flexibility index (Phi) is 13.8. The zero-order valence-electron chi connectivity index (χ0n) is 13.9. The summed E-state index contributed by atoms with van der Waals surface area (Å²) < 4.78 is 9.84. The van der Waals surface area contributed by atoms with Crippen LogP contribution in [-0.2, 0) is 23.9 Å². The number of ether oxygens (including phenoxy) is 2. The molecule has 0 fully saturated rings. The van der Waals surface area contributed by atoms with E-state index in [1.807, 2.05) is 0 Å². The molecule has 0 spiro atoms. The topological polar surface area (TPSA) is 183 Å². The minimum atomic E-state index is -0.943. The molecule has 0 bridgehead atoms. The van der Waals surface area contributed by atoms with Gasteiger partial charge in [0.2, 0.25) is 0 Å². The Morgan fingerprint density at radius 3 is 2.23 bits per heavy atom. The molecule has 26 heavy (non-hydrogen) atoms. The highest BCUT2D eigenvalue weighted by molar-refractivity contribution is 8.13. The van der Waals surface area contributed by atoms with Crippen LogP contribution in [0, 0.1) is 20.2 Å². The van der Waals surface area contributed by atoms with Gasteiger partial charge in [0, 0.05) is 12.2 Å². The number of carbonyl (C=O) groups is 2. The number of nitrogens with two attached hydrogens (primary N) is 1. The van der Waals surface area contributed by atoms with Crippen molar-refractivity contribution in [2.75, 3.05) is 38.8 Å². The summed E-state index contributed by atoms with van der Waals surface area (Å²) in [6.07, 6.45) is 0.776. The summed E-state index contributed by atoms with van der Waals surface area (Å²) in [6, 6.07) is -0.875. The van der Waals surface area contributed by atoms with Crippen molar-refractivity contribution in [3.05, 3.63) is 20.2 Å². The van der Waals surface area contributed by atoms with Crippen molar-refractivity contribution in [1.29, 1.82) is 0 Å². The van der Waals surface area contributed by atoms with Gasteiger partial charge in [-0.2, -0.15) is 0 Å². The third kappa shape index (κ3) is 15.3. The lowest BCUT2D eigenvalue weighted by Crippen LogP contribution is -2.34. The van der Waals surface area contributed by atoms with E-state index in [1.165, 1.54) is 0 Å². The third-order valence-corrected chi connectivity index (χ3v) is 3.55. The van der Waals surface area contributed by atoms with Gasteiger partial charge in [0.05, 0.1) is 32.5 Å². The number of hydrogen-bond donors (Lipinski definition) is 1. The van der Waals surface area contributed by atoms with Crippen LogP contribution < -0.4 is 5.73 Å². The van der Waals surface area contributed by atoms with Crippen LogP contribution in [0.25, 0.3) is 0 Å². The number of hydrogen-bond acceptors (Lipinski definition) is 12. The molecule has 0 rings (SSSR count). The smallest absolute Gasteiger partial charge is 0.367 e. The second kappa shape index (κ2) is 15.1. The first kappa shape index (κ1) is 23.8. The van der Waals surface area contributed by atoms with E-state index in [9.17, 15) is 29.8 Å². The molecule has 0 heterocycles. The van der Waals surface area contributed by atoms with Crippen LogP contribution in [0.1, 0.15) is 19.3 Å². The van der Waals surface area contributed by atoms with Crippen molar-refractivity contribution in [3.8, 4) is 0 Å². The van der Waals surface area contributed by atoms with Crippen LogP contribution in [0.2, 0.25) is 0 Å². The Bertz CT molecular complexity index is 465. The van der Waals surface area contributed by atoms with Crippen molar-refractivity contribution >= 4 is 22.8 Å². The van der Waals surface area contributed by atoms with E-state index in [1.54, 1.807) is 0 Å². The summed E-state index contributed by atoms with van der Waals surface area (Å²) in [6.45, 7) is -0.216. The Hall–Kier alpha value is -2.19. The van der Waals surface area contributed by atoms with Gasteiger partial charge in [-0.3, -0.25) is 4.79 Å². The van der Waals surface area contributed by atoms with Gasteiger partial charge in [0.25, 0.3) is 10.2 Å². The monoisotopic (exact) mass is 399 g/mol. The molecule has 0 aromatic carbocycles. The maximum Gasteiger partial charge on any atom is 0.367 e. The SMILES string of the molecule is NC(CSC(=O)OCCCCO[N+](=O)[O-])C(=O)CCOCCO[N+](=O)[O-]. The Morgan fingerprint density at radius 2 is 1.58 bits per heavy atom. The van der Waals surface area contributed by atoms with Crippen molar-refractivity contribution in [2.24, 2.45) is 5.73 Å². The van der Waals surface area contributed by atoms with Crippen LogP contribution in [0.5, 0.6) is 0 Å². The lowest BCUT2D eigenvalue weighted by molar-refractivity contribution is -0.758. The van der Waals surface area contributed by atoms with Gasteiger partial charge in [-0.15, -0.1) is 20.2 Å². The van der Waals surface area contributed by atoms with Crippen LogP contribution in [0.4, 0.5) is 4.79 Å². The molecule has 0 aromatic heterocycles. The fraction of sp³-hybridized carbons (Fsp3) is 0.833. The van der Waals surface area contributed by atoms with E-state index >= 15 is 0 Å². The number of nitrogens with zero attached hydrogens (tertiary/aromatic N) is 2. The molecule has 0 amide bonds. The second-order valence-corrected chi connectivity index (χ2v) is 5.62. The van der Waals surface area contributed by atoms with E-state index in [-0.39, 0.29) is 51.0 Å². The number of carbonyl (C=O) groups excluding carboxylic acids is 2. The molecule has 0 saturated carbocycles. The fourth-order valence-corrected chi connectivity index (χ4v) is 2.09. The highest BCUT2D eigenvalue weighted by Gasteiger charge is 2.16. The molecular formula is C12H21N3O10S. The first-order chi connectivity index (χ1) is 12.3. The highest BCUT2D eigenvalue weighted by Crippen LogP contribution is 2.09. The van der Waals surface area contributed by atoms with Gasteiger partial charge in [0.15, 0.2) is 5.78 Å². The first-order valence-electron chi connectivity index (χ1n) is 7.53. The predicted octanol–water partition coefficient (Wildman–Crippen LogP) is 0.356. The molecule has 1 atom stereocenters. The fourth-order valence-electron chi connectivity index (χ4n) is 1.42. The quantitative estimate of drug-likeness (QED) is 0.163. The van der Waals surface area contributed by atoms with E-state index < -0.39 is 21.5 Å². The van der Waals surface area contributed by atoms with Crippen LogP contribution in [0.15, 0.2) is 0 Å². The van der Waals surface area contributed by atoms with Crippen molar-refractivity contribution in [3.63, 3.8) is 0 Å². The summed E-state index contributed by atoms with van der Waals surface area (Å²) in [5, 5.41) is 17.3. The molecule has 1 unspecified atom stereocenters. The Morgan fingerprint density at radius 1 is 0.962 bits per heavy atom. The largest absolute Gasteiger partial charge is 0.458 e. The zero-order valence-corrected chi connectivity index (χ0v) is 14.7. The maximum atomic E-state index is 11.7. The van der Waals surface area contributed by atoms with Gasteiger partial charge in [-0.05, 0) is 24.6 Å². The van der Waals surface area contributed by atoms with Crippen LogP contribution in [0.3, 0.4) is 0 Å². The molecule has 0 aliphatic heterocycles. The number of ketones is 1. The molecule has 0 saturated heterocycles. The standard InChI is InChI=1S/C12H21N3O10S/c13-10(11(16)3-6-22-7-8-25-15(20)21)9-26-12(17)23-4-1-2-5-24-14(18)19/h10H,1-9,13H2. The molecule has 0 aliphatic carbocycles. The van der Waals surface area contributed by atoms with Crippen molar-refractivity contribution in [2.45, 2.75) is 25.3 Å². The lowest BCUT2D eigenvalue weighted by Gasteiger charge is -2.10. The average Bonchev–Trinajstić information content (AvgIpc) is 2.58. The second-order valence-electron chi connectivity index (χ2n) is 4.67. The van der Waals surface area contributed by atoms with E-state index in [2.05, 4.69) is 9.68 Å². The van der Waals surface area contributed by atoms with E-state index in [4.69, 9.17) is 15.2 Å². The van der Waals surface area contributed by atoms with E-state index in [0.29, 0.717) is 12.8 Å². The maximum absolute atomic E-state index is 11.7. The molecular weight excluding hydrogens is 378 g/mol. The minimum Gasteiger partial charge on any atom is -0.458 e. The summed E-state index contributed by atoms with van der Waals surface area (Å²) >= 11 is 0.750. The molecule has 13 nitrogen and oxygen atoms in total. The first-order valence-corrected chi connectivity index (χ1v) is 8.51.